The van der Waals surface area contributed by atoms with E-state index in [1.54, 1.807) is 11.3 Å². The Morgan fingerprint density at radius 2 is 1.90 bits per heavy atom. The quantitative estimate of drug-likeness (QED) is 0.639. The first-order chi connectivity index (χ1) is 14.4. The molecule has 1 aromatic carbocycles. The van der Waals surface area contributed by atoms with Gasteiger partial charge in [-0.15, -0.1) is 11.3 Å². The second kappa shape index (κ2) is 8.72. The van der Waals surface area contributed by atoms with Gasteiger partial charge in [0.25, 0.3) is 5.56 Å². The minimum Gasteiger partial charge on any atom is -0.348 e. The largest absolute Gasteiger partial charge is 0.348 e. The van der Waals surface area contributed by atoms with Crippen molar-refractivity contribution in [2.45, 2.75) is 65.5 Å². The molecule has 5 nitrogen and oxygen atoms in total. The van der Waals surface area contributed by atoms with Gasteiger partial charge in [-0.1, -0.05) is 38.1 Å². The summed E-state index contributed by atoms with van der Waals surface area (Å²) >= 11 is 1.63. The second-order valence-corrected chi connectivity index (χ2v) is 9.78. The van der Waals surface area contributed by atoms with Crippen LogP contribution in [0.3, 0.4) is 0 Å². The number of aromatic nitrogens is 2. The van der Waals surface area contributed by atoms with Gasteiger partial charge in [0, 0.05) is 4.88 Å². The fraction of sp³-hybridized carbons (Fsp3) is 0.458. The molecule has 2 aromatic heterocycles. The van der Waals surface area contributed by atoms with Crippen molar-refractivity contribution in [3.63, 3.8) is 0 Å². The maximum absolute atomic E-state index is 13.0. The van der Waals surface area contributed by atoms with Gasteiger partial charge in [0.05, 0.1) is 17.8 Å². The number of aryl methyl sites for hydroxylation is 2. The van der Waals surface area contributed by atoms with Gasteiger partial charge in [0.15, 0.2) is 0 Å². The molecule has 30 heavy (non-hydrogen) atoms. The Morgan fingerprint density at radius 3 is 2.63 bits per heavy atom. The van der Waals surface area contributed by atoms with E-state index in [1.165, 1.54) is 27.8 Å². The molecule has 0 saturated heterocycles. The molecule has 6 heteroatoms. The first-order valence-electron chi connectivity index (χ1n) is 10.8. The molecule has 1 aliphatic carbocycles. The number of nitrogens with one attached hydrogen (secondary N) is 1. The predicted molar refractivity (Wildman–Crippen MR) is 122 cm³/mol. The van der Waals surface area contributed by atoms with Crippen molar-refractivity contribution < 1.29 is 4.79 Å². The zero-order valence-electron chi connectivity index (χ0n) is 17.9. The normalized spacial score (nSPS) is 14.7. The molecule has 0 spiro atoms. The fourth-order valence-electron chi connectivity index (χ4n) is 4.23. The van der Waals surface area contributed by atoms with Crippen LogP contribution in [0.5, 0.6) is 0 Å². The number of carbonyl (C=O) groups is 1. The number of fused-ring (bicyclic) bond motifs is 3. The molecule has 0 aliphatic heterocycles. The van der Waals surface area contributed by atoms with Crippen LogP contribution in [0, 0.1) is 5.92 Å². The van der Waals surface area contributed by atoms with E-state index in [0.717, 1.165) is 47.0 Å². The number of benzene rings is 1. The van der Waals surface area contributed by atoms with Gasteiger partial charge in [-0.3, -0.25) is 14.2 Å². The van der Waals surface area contributed by atoms with Gasteiger partial charge in [0.2, 0.25) is 5.91 Å². The molecule has 1 atom stereocenters. The average molecular weight is 424 g/mol. The van der Waals surface area contributed by atoms with Crippen LogP contribution in [0.25, 0.3) is 10.2 Å². The van der Waals surface area contributed by atoms with Crippen LogP contribution in [0.4, 0.5) is 0 Å². The van der Waals surface area contributed by atoms with Crippen LogP contribution in [0.15, 0.2) is 35.4 Å². The predicted octanol–water partition coefficient (Wildman–Crippen LogP) is 4.41. The summed E-state index contributed by atoms with van der Waals surface area (Å²) in [6.45, 7) is 6.37. The lowest BCUT2D eigenvalue weighted by Crippen LogP contribution is -2.34. The van der Waals surface area contributed by atoms with Crippen molar-refractivity contribution in [2.75, 3.05) is 0 Å². The molecule has 0 fully saturated rings. The molecule has 1 amide bonds. The molecule has 3 aromatic rings. The van der Waals surface area contributed by atoms with E-state index in [2.05, 4.69) is 48.4 Å². The lowest BCUT2D eigenvalue weighted by molar-refractivity contribution is -0.122. The number of thiophene rings is 1. The highest BCUT2D eigenvalue weighted by molar-refractivity contribution is 7.18. The first-order valence-corrected chi connectivity index (χ1v) is 11.6. The molecular weight excluding hydrogens is 394 g/mol. The van der Waals surface area contributed by atoms with Gasteiger partial charge >= 0.3 is 0 Å². The van der Waals surface area contributed by atoms with Crippen molar-refractivity contribution in [1.82, 2.24) is 14.9 Å². The summed E-state index contributed by atoms with van der Waals surface area (Å²) in [5.74, 6) is 0.437. The highest BCUT2D eigenvalue weighted by Crippen LogP contribution is 2.33. The second-order valence-electron chi connectivity index (χ2n) is 8.70. The van der Waals surface area contributed by atoms with Crippen LogP contribution < -0.4 is 10.9 Å². The molecule has 0 bridgehead atoms. The lowest BCUT2D eigenvalue weighted by atomic mass is 9.97. The standard InChI is InChI=1S/C24H29N3O2S/c1-15(2)12-17-8-10-18(11-9-17)16(3)26-21(28)13-27-14-25-23-22(24(27)29)19-6-4-5-7-20(19)30-23/h8-11,14-16H,4-7,12-13H2,1-3H3,(H,26,28)/t16-/m0/s1. The third-order valence-electron chi connectivity index (χ3n) is 5.76. The third-order valence-corrected chi connectivity index (χ3v) is 6.96. The SMILES string of the molecule is CC(C)Cc1ccc([C@H](C)NC(=O)Cn2cnc3sc4c(c3c2=O)CCCC4)cc1. The third kappa shape index (κ3) is 4.33. The van der Waals surface area contributed by atoms with E-state index in [1.807, 2.05) is 6.92 Å². The number of carbonyl (C=O) groups excluding carboxylic acids is 1. The van der Waals surface area contributed by atoms with Crippen molar-refractivity contribution in [1.29, 1.82) is 0 Å². The van der Waals surface area contributed by atoms with Crippen LogP contribution in [-0.2, 0) is 30.6 Å². The molecule has 0 saturated carbocycles. The Bertz CT molecular complexity index is 1110. The number of rotatable bonds is 6. The summed E-state index contributed by atoms with van der Waals surface area (Å²) in [5.41, 5.74) is 3.42. The van der Waals surface area contributed by atoms with Gasteiger partial charge in [-0.2, -0.15) is 0 Å². The average Bonchev–Trinajstić information content (AvgIpc) is 3.09. The number of nitrogens with zero attached hydrogens (tertiary/aromatic N) is 2. The Labute approximate surface area is 181 Å². The molecule has 4 rings (SSSR count). The zero-order valence-corrected chi connectivity index (χ0v) is 18.7. The summed E-state index contributed by atoms with van der Waals surface area (Å²) in [6, 6.07) is 8.27. The Morgan fingerprint density at radius 1 is 1.17 bits per heavy atom. The Hall–Kier alpha value is -2.47. The molecule has 1 N–H and O–H groups in total. The lowest BCUT2D eigenvalue weighted by Gasteiger charge is -2.16. The number of hydrogen-bond acceptors (Lipinski definition) is 4. The summed E-state index contributed by atoms with van der Waals surface area (Å²) in [4.78, 5) is 32.2. The van der Waals surface area contributed by atoms with Gasteiger partial charge in [-0.25, -0.2) is 4.98 Å². The van der Waals surface area contributed by atoms with Gasteiger partial charge in [-0.05, 0) is 61.6 Å². The van der Waals surface area contributed by atoms with Crippen molar-refractivity contribution in [3.05, 3.63) is 62.5 Å². The number of amides is 1. The van der Waals surface area contributed by atoms with Crippen molar-refractivity contribution in [3.8, 4) is 0 Å². The van der Waals surface area contributed by atoms with E-state index < -0.39 is 0 Å². The van der Waals surface area contributed by atoms with Crippen LogP contribution >= 0.6 is 11.3 Å². The monoisotopic (exact) mass is 423 g/mol. The van der Waals surface area contributed by atoms with E-state index >= 15 is 0 Å². The molecule has 2 heterocycles. The summed E-state index contributed by atoms with van der Waals surface area (Å²) in [6.07, 6.45) is 6.81. The highest BCUT2D eigenvalue weighted by atomic mass is 32.1. The van der Waals surface area contributed by atoms with Gasteiger partial charge in [0.1, 0.15) is 11.4 Å². The Balaban J connectivity index is 1.46. The van der Waals surface area contributed by atoms with Gasteiger partial charge < -0.3 is 5.32 Å². The van der Waals surface area contributed by atoms with Crippen LogP contribution in [0.1, 0.15) is 61.2 Å². The highest BCUT2D eigenvalue weighted by Gasteiger charge is 2.20. The summed E-state index contributed by atoms with van der Waals surface area (Å²) in [5, 5.41) is 3.73. The van der Waals surface area contributed by atoms with E-state index in [0.29, 0.717) is 5.92 Å². The molecule has 158 valence electrons. The summed E-state index contributed by atoms with van der Waals surface area (Å²) in [7, 11) is 0. The molecule has 1 aliphatic rings. The molecular formula is C24H29N3O2S. The van der Waals surface area contributed by atoms with Crippen LogP contribution in [-0.4, -0.2) is 15.5 Å². The minimum absolute atomic E-state index is 0.0117. The van der Waals surface area contributed by atoms with E-state index in [9.17, 15) is 9.59 Å². The smallest absolute Gasteiger partial charge is 0.262 e. The number of hydrogen-bond donors (Lipinski definition) is 1. The Kier molecular flexibility index (Phi) is 6.04. The zero-order chi connectivity index (χ0) is 21.3. The minimum atomic E-state index is -0.180. The molecule has 0 radical (unpaired) electrons. The van der Waals surface area contributed by atoms with Crippen molar-refractivity contribution >= 4 is 27.5 Å². The van der Waals surface area contributed by atoms with E-state index in [-0.39, 0.29) is 24.1 Å². The first kappa shape index (κ1) is 20.8. The topological polar surface area (TPSA) is 64.0 Å². The summed E-state index contributed by atoms with van der Waals surface area (Å²) < 4.78 is 1.44. The molecule has 0 unspecified atom stereocenters. The van der Waals surface area contributed by atoms with E-state index in [4.69, 9.17) is 0 Å². The maximum atomic E-state index is 13.0. The van der Waals surface area contributed by atoms with Crippen molar-refractivity contribution in [2.24, 2.45) is 5.92 Å². The maximum Gasteiger partial charge on any atom is 0.262 e. The fourth-order valence-corrected chi connectivity index (χ4v) is 5.45. The van der Waals surface area contributed by atoms with Crippen LogP contribution in [0.2, 0.25) is 0 Å².